The number of esters is 1. The van der Waals surface area contributed by atoms with Crippen molar-refractivity contribution in [1.82, 2.24) is 5.32 Å². The molecule has 1 amide bonds. The number of rotatable bonds is 5. The molecule has 0 saturated heterocycles. The number of amides is 1. The second-order valence-corrected chi connectivity index (χ2v) is 8.03. The molecule has 0 saturated carbocycles. The molecule has 3 aromatic rings. The Kier molecular flexibility index (Phi) is 6.22. The van der Waals surface area contributed by atoms with E-state index in [0.717, 1.165) is 34.4 Å². The average Bonchev–Trinajstić information content (AvgIpc) is 3.26. The van der Waals surface area contributed by atoms with Gasteiger partial charge in [0, 0.05) is 12.1 Å². The number of hydrogen-bond acceptors (Lipinski definition) is 3. The molecule has 4 rings (SSSR count). The summed E-state index contributed by atoms with van der Waals surface area (Å²) in [6.07, 6.45) is -3.17. The molecule has 4 nitrogen and oxygen atoms in total. The van der Waals surface area contributed by atoms with E-state index >= 15 is 0 Å². The first-order valence-electron chi connectivity index (χ1n) is 10.5. The Morgan fingerprint density at radius 1 is 1.00 bits per heavy atom. The Hall–Kier alpha value is -3.61. The summed E-state index contributed by atoms with van der Waals surface area (Å²) in [6, 6.07) is 17.9. The van der Waals surface area contributed by atoms with Gasteiger partial charge in [-0.05, 0) is 64.9 Å². The van der Waals surface area contributed by atoms with Crippen molar-refractivity contribution in [2.45, 2.75) is 25.6 Å². The lowest BCUT2D eigenvalue weighted by Crippen LogP contribution is -2.23. The molecule has 1 atom stereocenters. The topological polar surface area (TPSA) is 55.4 Å². The zero-order valence-electron chi connectivity index (χ0n) is 17.9. The second-order valence-electron chi connectivity index (χ2n) is 8.03. The minimum absolute atomic E-state index is 0.00832. The lowest BCUT2D eigenvalue weighted by atomic mass is 9.96. The zero-order chi connectivity index (χ0) is 23.6. The van der Waals surface area contributed by atoms with Crippen LogP contribution in [0.25, 0.3) is 11.1 Å². The first-order valence-corrected chi connectivity index (χ1v) is 10.5. The summed E-state index contributed by atoms with van der Waals surface area (Å²) in [7, 11) is 1.39. The second kappa shape index (κ2) is 9.10. The van der Waals surface area contributed by atoms with E-state index in [1.54, 1.807) is 12.1 Å². The van der Waals surface area contributed by atoms with Gasteiger partial charge in [0.2, 0.25) is 0 Å². The van der Waals surface area contributed by atoms with E-state index in [0.29, 0.717) is 24.0 Å². The van der Waals surface area contributed by atoms with Gasteiger partial charge in [0.1, 0.15) is 0 Å². The molecule has 0 fully saturated rings. The van der Waals surface area contributed by atoms with Crippen molar-refractivity contribution in [3.8, 4) is 11.1 Å². The lowest BCUT2D eigenvalue weighted by Gasteiger charge is -2.11. The third-order valence-corrected chi connectivity index (χ3v) is 5.89. The van der Waals surface area contributed by atoms with Crippen LogP contribution in [0, 0.1) is 5.92 Å². The molecule has 0 spiro atoms. The Labute approximate surface area is 189 Å². The molecule has 0 heterocycles. The molecular weight excluding hydrogens is 431 g/mol. The largest absolute Gasteiger partial charge is 0.469 e. The maximum Gasteiger partial charge on any atom is 0.416 e. The number of carbonyl (C=O) groups is 2. The maximum atomic E-state index is 12.9. The van der Waals surface area contributed by atoms with Gasteiger partial charge >= 0.3 is 12.1 Å². The summed E-state index contributed by atoms with van der Waals surface area (Å²) in [5.41, 5.74) is 4.19. The van der Waals surface area contributed by atoms with Crippen LogP contribution in [0.3, 0.4) is 0 Å². The van der Waals surface area contributed by atoms with Crippen LogP contribution in [-0.2, 0) is 35.1 Å². The van der Waals surface area contributed by atoms with Gasteiger partial charge in [0.15, 0.2) is 0 Å². The van der Waals surface area contributed by atoms with Crippen molar-refractivity contribution in [1.29, 1.82) is 0 Å². The first-order chi connectivity index (χ1) is 15.8. The fraction of sp³-hybridized carbons (Fsp3) is 0.231. The molecular formula is C26H22F3NO3. The molecule has 3 aromatic carbocycles. The zero-order valence-corrected chi connectivity index (χ0v) is 17.9. The minimum Gasteiger partial charge on any atom is -0.469 e. The average molecular weight is 453 g/mol. The maximum absolute atomic E-state index is 12.9. The number of fused-ring (bicyclic) bond motifs is 1. The Bertz CT molecular complexity index is 1190. The van der Waals surface area contributed by atoms with E-state index < -0.39 is 11.7 Å². The van der Waals surface area contributed by atoms with Gasteiger partial charge in [-0.2, -0.15) is 13.2 Å². The summed E-state index contributed by atoms with van der Waals surface area (Å²) in [6.45, 7) is -0.00832. The van der Waals surface area contributed by atoms with Crippen LogP contribution in [0.5, 0.6) is 0 Å². The number of alkyl halides is 3. The van der Waals surface area contributed by atoms with Crippen molar-refractivity contribution in [2.75, 3.05) is 7.11 Å². The predicted octanol–water partition coefficient (Wildman–Crippen LogP) is 5.19. The van der Waals surface area contributed by atoms with E-state index in [9.17, 15) is 22.8 Å². The number of methoxy groups -OCH3 is 1. The fourth-order valence-electron chi connectivity index (χ4n) is 4.20. The van der Waals surface area contributed by atoms with Crippen LogP contribution >= 0.6 is 0 Å². The van der Waals surface area contributed by atoms with Crippen LogP contribution < -0.4 is 5.32 Å². The minimum atomic E-state index is -4.43. The molecule has 33 heavy (non-hydrogen) atoms. The van der Waals surface area contributed by atoms with Crippen LogP contribution in [0.1, 0.15) is 32.6 Å². The third-order valence-electron chi connectivity index (χ3n) is 5.89. The standard InChI is InChI=1S/C26H22F3NO3/c1-33-25(32)20-13-19-5-3-7-22(23(19)14-20)17-8-10-18(11-9-17)24(31)30-15-16-4-2-6-21(12-16)26(27,28)29/h2-12,20H,13-15H2,1H3,(H,30,31). The van der Waals surface area contributed by atoms with Crippen LogP contribution in [0.4, 0.5) is 13.2 Å². The van der Waals surface area contributed by atoms with Gasteiger partial charge in [0.25, 0.3) is 5.91 Å². The van der Waals surface area contributed by atoms with Gasteiger partial charge in [-0.25, -0.2) is 0 Å². The summed E-state index contributed by atoms with van der Waals surface area (Å²) in [4.78, 5) is 24.5. The van der Waals surface area contributed by atoms with E-state index in [2.05, 4.69) is 5.32 Å². The SMILES string of the molecule is COC(=O)C1Cc2cccc(-c3ccc(C(=O)NCc4cccc(C(F)(F)F)c4)cc3)c2C1. The molecule has 0 aliphatic heterocycles. The van der Waals surface area contributed by atoms with Gasteiger partial charge in [-0.3, -0.25) is 9.59 Å². The third kappa shape index (κ3) is 4.92. The van der Waals surface area contributed by atoms with Crippen LogP contribution in [-0.4, -0.2) is 19.0 Å². The molecule has 0 aromatic heterocycles. The summed E-state index contributed by atoms with van der Waals surface area (Å²) < 4.78 is 43.5. The van der Waals surface area contributed by atoms with E-state index in [1.807, 2.05) is 30.3 Å². The molecule has 0 radical (unpaired) electrons. The Morgan fingerprint density at radius 2 is 1.73 bits per heavy atom. The molecule has 1 aliphatic carbocycles. The highest BCUT2D eigenvalue weighted by Gasteiger charge is 2.31. The molecule has 1 aliphatic rings. The molecule has 7 heteroatoms. The number of ether oxygens (including phenoxy) is 1. The molecule has 1 unspecified atom stereocenters. The Morgan fingerprint density at radius 3 is 2.42 bits per heavy atom. The smallest absolute Gasteiger partial charge is 0.416 e. The van der Waals surface area contributed by atoms with Gasteiger partial charge in [-0.15, -0.1) is 0 Å². The molecule has 170 valence electrons. The number of benzene rings is 3. The number of halogens is 3. The first kappa shape index (κ1) is 22.6. The highest BCUT2D eigenvalue weighted by Crippen LogP contribution is 2.35. The Balaban J connectivity index is 1.45. The number of hydrogen-bond donors (Lipinski definition) is 1. The number of carbonyl (C=O) groups excluding carboxylic acids is 2. The van der Waals surface area contributed by atoms with Crippen molar-refractivity contribution in [3.05, 3.63) is 94.5 Å². The van der Waals surface area contributed by atoms with Gasteiger partial charge in [-0.1, -0.05) is 42.5 Å². The van der Waals surface area contributed by atoms with E-state index in [4.69, 9.17) is 4.74 Å². The van der Waals surface area contributed by atoms with Crippen LogP contribution in [0.15, 0.2) is 66.7 Å². The normalized spacial score (nSPS) is 15.1. The van der Waals surface area contributed by atoms with Crippen molar-refractivity contribution < 1.29 is 27.5 Å². The van der Waals surface area contributed by atoms with Crippen LogP contribution in [0.2, 0.25) is 0 Å². The van der Waals surface area contributed by atoms with E-state index in [-0.39, 0.29) is 24.3 Å². The lowest BCUT2D eigenvalue weighted by molar-refractivity contribution is -0.145. The van der Waals surface area contributed by atoms with Gasteiger partial charge < -0.3 is 10.1 Å². The quantitative estimate of drug-likeness (QED) is 0.541. The number of nitrogens with one attached hydrogen (secondary N) is 1. The van der Waals surface area contributed by atoms with Gasteiger partial charge in [0.05, 0.1) is 18.6 Å². The van der Waals surface area contributed by atoms with Crippen molar-refractivity contribution in [2.24, 2.45) is 5.92 Å². The summed E-state index contributed by atoms with van der Waals surface area (Å²) >= 11 is 0. The van der Waals surface area contributed by atoms with E-state index in [1.165, 1.54) is 19.2 Å². The summed E-state index contributed by atoms with van der Waals surface area (Å²) in [5, 5.41) is 2.66. The monoisotopic (exact) mass is 453 g/mol. The highest BCUT2D eigenvalue weighted by atomic mass is 19.4. The van der Waals surface area contributed by atoms with Crippen molar-refractivity contribution in [3.63, 3.8) is 0 Å². The highest BCUT2D eigenvalue weighted by molar-refractivity contribution is 5.94. The summed E-state index contributed by atoms with van der Waals surface area (Å²) in [5.74, 6) is -0.778. The predicted molar refractivity (Wildman–Crippen MR) is 117 cm³/mol. The fourth-order valence-corrected chi connectivity index (χ4v) is 4.20. The van der Waals surface area contributed by atoms with Crippen molar-refractivity contribution >= 4 is 11.9 Å². The molecule has 0 bridgehead atoms. The molecule has 1 N–H and O–H groups in total.